The standard InChI is InChI=1S/C9H12F2N2O2/c1-15-8-5(3-12)2-6(4-14)13-7(8)9(10)11/h2,9,14H,3-4,12H2,1H3. The van der Waals surface area contributed by atoms with E-state index in [1.807, 2.05) is 0 Å². The molecule has 84 valence electrons. The van der Waals surface area contributed by atoms with Crippen LogP contribution in [0.1, 0.15) is 23.4 Å². The van der Waals surface area contributed by atoms with Crippen molar-refractivity contribution in [3.05, 3.63) is 23.0 Å². The number of alkyl halides is 2. The third-order valence-corrected chi connectivity index (χ3v) is 1.92. The highest BCUT2D eigenvalue weighted by atomic mass is 19.3. The lowest BCUT2D eigenvalue weighted by atomic mass is 10.1. The minimum Gasteiger partial charge on any atom is -0.494 e. The lowest BCUT2D eigenvalue weighted by molar-refractivity contribution is 0.140. The van der Waals surface area contributed by atoms with Crippen LogP contribution in [0.2, 0.25) is 0 Å². The Bertz CT molecular complexity index is 345. The monoisotopic (exact) mass is 218 g/mol. The van der Waals surface area contributed by atoms with Gasteiger partial charge in [0, 0.05) is 12.1 Å². The van der Waals surface area contributed by atoms with Gasteiger partial charge in [0.15, 0.2) is 5.75 Å². The molecule has 0 amide bonds. The van der Waals surface area contributed by atoms with E-state index >= 15 is 0 Å². The predicted octanol–water partition coefficient (Wildman–Crippen LogP) is 0.979. The molecule has 1 aromatic heterocycles. The van der Waals surface area contributed by atoms with Gasteiger partial charge in [-0.15, -0.1) is 0 Å². The Balaban J connectivity index is 3.32. The zero-order chi connectivity index (χ0) is 11.4. The highest BCUT2D eigenvalue weighted by molar-refractivity contribution is 5.39. The number of aliphatic hydroxyl groups is 1. The minimum atomic E-state index is -2.75. The summed E-state index contributed by atoms with van der Waals surface area (Å²) in [6, 6.07) is 1.45. The van der Waals surface area contributed by atoms with E-state index in [0.29, 0.717) is 5.56 Å². The van der Waals surface area contributed by atoms with Gasteiger partial charge >= 0.3 is 0 Å². The Morgan fingerprint density at radius 3 is 2.67 bits per heavy atom. The SMILES string of the molecule is COc1c(CN)cc(CO)nc1C(F)F. The number of aromatic nitrogens is 1. The van der Waals surface area contributed by atoms with Crippen LogP contribution in [0.5, 0.6) is 5.75 Å². The van der Waals surface area contributed by atoms with Crippen LogP contribution in [0.4, 0.5) is 8.78 Å². The van der Waals surface area contributed by atoms with Crippen LogP contribution in [0.3, 0.4) is 0 Å². The molecule has 0 bridgehead atoms. The number of nitrogens with zero attached hydrogens (tertiary/aromatic N) is 1. The number of rotatable bonds is 4. The molecule has 0 saturated heterocycles. The van der Waals surface area contributed by atoms with Gasteiger partial charge in [-0.05, 0) is 6.07 Å². The number of pyridine rings is 1. The Labute approximate surface area is 85.7 Å². The summed E-state index contributed by atoms with van der Waals surface area (Å²) in [5.41, 5.74) is 5.47. The van der Waals surface area contributed by atoms with Crippen molar-refractivity contribution in [1.82, 2.24) is 4.98 Å². The van der Waals surface area contributed by atoms with Crippen LogP contribution in [0.25, 0.3) is 0 Å². The Kier molecular flexibility index (Phi) is 3.93. The molecule has 1 aromatic rings. The molecule has 0 atom stereocenters. The second-order valence-electron chi connectivity index (χ2n) is 2.85. The van der Waals surface area contributed by atoms with Gasteiger partial charge in [-0.1, -0.05) is 0 Å². The molecule has 0 unspecified atom stereocenters. The maximum Gasteiger partial charge on any atom is 0.284 e. The number of methoxy groups -OCH3 is 1. The van der Waals surface area contributed by atoms with E-state index in [9.17, 15) is 8.78 Å². The molecule has 1 heterocycles. The van der Waals surface area contributed by atoms with Gasteiger partial charge in [0.25, 0.3) is 6.43 Å². The van der Waals surface area contributed by atoms with Crippen LogP contribution in [-0.2, 0) is 13.2 Å². The van der Waals surface area contributed by atoms with Gasteiger partial charge in [0.05, 0.1) is 19.4 Å². The van der Waals surface area contributed by atoms with Gasteiger partial charge in [-0.3, -0.25) is 0 Å². The molecule has 0 saturated carbocycles. The van der Waals surface area contributed by atoms with E-state index in [0.717, 1.165) is 0 Å². The molecule has 0 aliphatic rings. The molecule has 0 aromatic carbocycles. The number of ether oxygens (including phenoxy) is 1. The summed E-state index contributed by atoms with van der Waals surface area (Å²) in [7, 11) is 1.28. The maximum absolute atomic E-state index is 12.6. The van der Waals surface area contributed by atoms with Crippen molar-refractivity contribution in [2.45, 2.75) is 19.6 Å². The van der Waals surface area contributed by atoms with Crippen molar-refractivity contribution in [3.8, 4) is 5.75 Å². The van der Waals surface area contributed by atoms with Crippen LogP contribution in [0, 0.1) is 0 Å². The average Bonchev–Trinajstić information content (AvgIpc) is 2.26. The van der Waals surface area contributed by atoms with Gasteiger partial charge in [-0.25, -0.2) is 13.8 Å². The molecule has 3 N–H and O–H groups in total. The lowest BCUT2D eigenvalue weighted by Gasteiger charge is -2.12. The lowest BCUT2D eigenvalue weighted by Crippen LogP contribution is -2.07. The smallest absolute Gasteiger partial charge is 0.284 e. The van der Waals surface area contributed by atoms with Crippen molar-refractivity contribution in [1.29, 1.82) is 0 Å². The van der Waals surface area contributed by atoms with E-state index in [1.54, 1.807) is 0 Å². The largest absolute Gasteiger partial charge is 0.494 e. The van der Waals surface area contributed by atoms with E-state index < -0.39 is 18.7 Å². The molecule has 1 rings (SSSR count). The molecule has 0 fully saturated rings. The van der Waals surface area contributed by atoms with E-state index in [4.69, 9.17) is 15.6 Å². The summed E-state index contributed by atoms with van der Waals surface area (Å²) >= 11 is 0. The molecule has 0 radical (unpaired) electrons. The van der Waals surface area contributed by atoms with Crippen molar-refractivity contribution in [2.75, 3.05) is 7.11 Å². The summed E-state index contributed by atoms with van der Waals surface area (Å²) in [6.07, 6.45) is -2.75. The summed E-state index contributed by atoms with van der Waals surface area (Å²) in [4.78, 5) is 3.59. The minimum absolute atomic E-state index is 0.00954. The fourth-order valence-corrected chi connectivity index (χ4v) is 1.29. The molecule has 0 aliphatic carbocycles. The van der Waals surface area contributed by atoms with Crippen molar-refractivity contribution in [2.24, 2.45) is 5.73 Å². The summed E-state index contributed by atoms with van der Waals surface area (Å²) < 4.78 is 30.0. The quantitative estimate of drug-likeness (QED) is 0.790. The Morgan fingerprint density at radius 2 is 2.27 bits per heavy atom. The van der Waals surface area contributed by atoms with E-state index in [-0.39, 0.29) is 18.0 Å². The molecule has 6 heteroatoms. The zero-order valence-electron chi connectivity index (χ0n) is 8.20. The van der Waals surface area contributed by atoms with Gasteiger partial charge < -0.3 is 15.6 Å². The molecular weight excluding hydrogens is 206 g/mol. The fraction of sp³-hybridized carbons (Fsp3) is 0.444. The topological polar surface area (TPSA) is 68.4 Å². The highest BCUT2D eigenvalue weighted by Crippen LogP contribution is 2.30. The van der Waals surface area contributed by atoms with Crippen LogP contribution >= 0.6 is 0 Å². The first-order chi connectivity index (χ1) is 7.13. The van der Waals surface area contributed by atoms with Crippen molar-refractivity contribution < 1.29 is 18.6 Å². The third-order valence-electron chi connectivity index (χ3n) is 1.92. The summed E-state index contributed by atoms with van der Waals surface area (Å²) in [5.74, 6) is -0.00954. The highest BCUT2D eigenvalue weighted by Gasteiger charge is 2.19. The van der Waals surface area contributed by atoms with Crippen LogP contribution in [-0.4, -0.2) is 17.2 Å². The van der Waals surface area contributed by atoms with Crippen LogP contribution < -0.4 is 10.5 Å². The number of nitrogens with two attached hydrogens (primary N) is 1. The Hall–Kier alpha value is -1.27. The molecule has 4 nitrogen and oxygen atoms in total. The third kappa shape index (κ3) is 2.40. The average molecular weight is 218 g/mol. The van der Waals surface area contributed by atoms with E-state index in [1.165, 1.54) is 13.2 Å². The molecule has 0 aliphatic heterocycles. The van der Waals surface area contributed by atoms with Gasteiger partial charge in [0.2, 0.25) is 0 Å². The first kappa shape index (κ1) is 11.8. The Morgan fingerprint density at radius 1 is 1.60 bits per heavy atom. The molecular formula is C9H12F2N2O2. The predicted molar refractivity (Wildman–Crippen MR) is 49.6 cm³/mol. The molecule has 0 spiro atoms. The van der Waals surface area contributed by atoms with Gasteiger partial charge in [-0.2, -0.15) is 0 Å². The van der Waals surface area contributed by atoms with Crippen LogP contribution in [0.15, 0.2) is 6.07 Å². The summed E-state index contributed by atoms with van der Waals surface area (Å²) in [6.45, 7) is -0.352. The van der Waals surface area contributed by atoms with E-state index in [2.05, 4.69) is 4.98 Å². The molecule has 15 heavy (non-hydrogen) atoms. The number of aliphatic hydroxyl groups excluding tert-OH is 1. The first-order valence-corrected chi connectivity index (χ1v) is 4.29. The van der Waals surface area contributed by atoms with Crippen molar-refractivity contribution >= 4 is 0 Å². The normalized spacial score (nSPS) is 10.8. The second kappa shape index (κ2) is 4.99. The van der Waals surface area contributed by atoms with Crippen molar-refractivity contribution in [3.63, 3.8) is 0 Å². The maximum atomic E-state index is 12.6. The number of hydrogen-bond acceptors (Lipinski definition) is 4. The fourth-order valence-electron chi connectivity index (χ4n) is 1.29. The second-order valence-corrected chi connectivity index (χ2v) is 2.85. The summed E-state index contributed by atoms with van der Waals surface area (Å²) in [5, 5.41) is 8.84. The zero-order valence-corrected chi connectivity index (χ0v) is 8.20. The van der Waals surface area contributed by atoms with Gasteiger partial charge in [0.1, 0.15) is 5.69 Å². The number of halogens is 2. The first-order valence-electron chi connectivity index (χ1n) is 4.29. The number of hydrogen-bond donors (Lipinski definition) is 2.